The molecule has 70 valence electrons. The summed E-state index contributed by atoms with van der Waals surface area (Å²) < 4.78 is 0. The normalized spacial score (nSPS) is 10.5. The van der Waals surface area contributed by atoms with Crippen molar-refractivity contribution in [2.24, 2.45) is 0 Å². The molecule has 0 unspecified atom stereocenters. The molecule has 0 N–H and O–H groups in total. The number of hydrogen-bond donors (Lipinski definition) is 0. The maximum absolute atomic E-state index is 11.3. The van der Waals surface area contributed by atoms with Crippen LogP contribution in [0.5, 0.6) is 0 Å². The molecule has 0 bridgehead atoms. The van der Waals surface area contributed by atoms with Crippen molar-refractivity contribution in [3.8, 4) is 0 Å². The third kappa shape index (κ3) is 2.75. The van der Waals surface area contributed by atoms with Gasteiger partial charge in [0.25, 0.3) is 0 Å². The van der Waals surface area contributed by atoms with E-state index in [1.54, 1.807) is 6.07 Å². The molecular formula is C8H4Cl4O. The number of Topliss-reactive ketones (excluding diaryl/α,β-unsaturated/α-hetero) is 1. The highest BCUT2D eigenvalue weighted by Gasteiger charge is 2.17. The van der Waals surface area contributed by atoms with Gasteiger partial charge in [-0.15, -0.1) is 0 Å². The van der Waals surface area contributed by atoms with Gasteiger partial charge in [0.2, 0.25) is 0 Å². The Morgan fingerprint density at radius 1 is 1.23 bits per heavy atom. The molecule has 5 heteroatoms. The Morgan fingerprint density at radius 2 is 1.85 bits per heavy atom. The summed E-state index contributed by atoms with van der Waals surface area (Å²) in [5, 5.41) is 0.714. The summed E-state index contributed by atoms with van der Waals surface area (Å²) in [6.07, 6.45) is 0. The first kappa shape index (κ1) is 11.1. The summed E-state index contributed by atoms with van der Waals surface area (Å²) in [5.74, 6) is -0.426. The lowest BCUT2D eigenvalue weighted by Gasteiger charge is -2.03. The molecule has 0 radical (unpaired) electrons. The van der Waals surface area contributed by atoms with Crippen LogP contribution in [0.1, 0.15) is 10.4 Å². The topological polar surface area (TPSA) is 17.1 Å². The first-order valence-electron chi connectivity index (χ1n) is 3.30. The maximum atomic E-state index is 11.3. The highest BCUT2D eigenvalue weighted by molar-refractivity contribution is 6.56. The van der Waals surface area contributed by atoms with Crippen molar-refractivity contribution in [2.75, 3.05) is 0 Å². The average Bonchev–Trinajstić information content (AvgIpc) is 2.03. The number of rotatable bonds is 2. The van der Waals surface area contributed by atoms with Crippen LogP contribution in [0.25, 0.3) is 0 Å². The lowest BCUT2D eigenvalue weighted by atomic mass is 10.1. The third-order valence-corrected chi connectivity index (χ3v) is 2.34. The van der Waals surface area contributed by atoms with Gasteiger partial charge >= 0.3 is 0 Å². The van der Waals surface area contributed by atoms with E-state index >= 15 is 0 Å². The lowest BCUT2D eigenvalue weighted by molar-refractivity contribution is 0.101. The number of ketones is 1. The number of benzene rings is 1. The molecule has 1 nitrogen and oxygen atoms in total. The van der Waals surface area contributed by atoms with Gasteiger partial charge in [0.1, 0.15) is 0 Å². The molecule has 0 atom stereocenters. The first-order valence-corrected chi connectivity index (χ1v) is 4.92. The molecule has 0 aliphatic rings. The second kappa shape index (κ2) is 4.52. The maximum Gasteiger partial charge on any atom is 0.197 e. The van der Waals surface area contributed by atoms with Crippen LogP contribution in [0.4, 0.5) is 0 Å². The third-order valence-electron chi connectivity index (χ3n) is 1.39. The van der Waals surface area contributed by atoms with E-state index in [1.165, 1.54) is 12.1 Å². The average molecular weight is 258 g/mol. The molecule has 1 aromatic rings. The fraction of sp³-hybridized carbons (Fsp3) is 0.125. The van der Waals surface area contributed by atoms with Crippen molar-refractivity contribution in [3.63, 3.8) is 0 Å². The summed E-state index contributed by atoms with van der Waals surface area (Å²) in [5.41, 5.74) is 0.279. The van der Waals surface area contributed by atoms with E-state index in [0.717, 1.165) is 0 Å². The highest BCUT2D eigenvalue weighted by Crippen LogP contribution is 2.23. The van der Waals surface area contributed by atoms with Gasteiger partial charge in [-0.25, -0.2) is 0 Å². The van der Waals surface area contributed by atoms with Gasteiger partial charge in [0.15, 0.2) is 10.6 Å². The zero-order chi connectivity index (χ0) is 10.0. The van der Waals surface area contributed by atoms with Gasteiger partial charge in [-0.3, -0.25) is 4.79 Å². The molecule has 13 heavy (non-hydrogen) atoms. The van der Waals surface area contributed by atoms with E-state index in [9.17, 15) is 4.79 Å². The van der Waals surface area contributed by atoms with Gasteiger partial charge in [0, 0.05) is 10.6 Å². The summed E-state index contributed by atoms with van der Waals surface area (Å²) in [6.45, 7) is 0. The molecule has 0 spiro atoms. The molecule has 1 aromatic carbocycles. The molecule has 0 saturated heterocycles. The Bertz CT molecular complexity index is 335. The smallest absolute Gasteiger partial charge is 0.197 e. The molecular weight excluding hydrogens is 254 g/mol. The van der Waals surface area contributed by atoms with E-state index in [2.05, 4.69) is 0 Å². The predicted molar refractivity (Wildman–Crippen MR) is 56.3 cm³/mol. The summed E-state index contributed by atoms with van der Waals surface area (Å²) in [4.78, 5) is 10.2. The minimum Gasteiger partial charge on any atom is -0.291 e. The van der Waals surface area contributed by atoms with Crippen LogP contribution >= 0.6 is 46.4 Å². The summed E-state index contributed by atoms with van der Waals surface area (Å²) in [6, 6.07) is 4.51. The molecule has 0 aliphatic heterocycles. The Balaban J connectivity index is 3.09. The molecule has 0 amide bonds. The minimum absolute atomic E-state index is 0.254. The zero-order valence-corrected chi connectivity index (χ0v) is 9.25. The fourth-order valence-corrected chi connectivity index (χ4v) is 1.54. The van der Waals surface area contributed by atoms with E-state index in [1.807, 2.05) is 0 Å². The van der Waals surface area contributed by atoms with E-state index in [-0.39, 0.29) is 10.6 Å². The van der Waals surface area contributed by atoms with Crippen LogP contribution in [0.15, 0.2) is 18.2 Å². The van der Waals surface area contributed by atoms with E-state index in [4.69, 9.17) is 46.4 Å². The van der Waals surface area contributed by atoms with Crippen LogP contribution in [0.3, 0.4) is 0 Å². The number of carbonyl (C=O) groups excluding carboxylic acids is 1. The standard InChI is InChI=1S/C8H4Cl4O/c9-4-1-2-5(6(10)3-4)7(13)8(11)12/h1-3,8H. The second-order valence-electron chi connectivity index (χ2n) is 2.29. The van der Waals surface area contributed by atoms with Crippen molar-refractivity contribution in [1.82, 2.24) is 0 Å². The monoisotopic (exact) mass is 256 g/mol. The van der Waals surface area contributed by atoms with Crippen LogP contribution in [0.2, 0.25) is 10.0 Å². The van der Waals surface area contributed by atoms with Crippen molar-refractivity contribution < 1.29 is 4.79 Å². The molecule has 0 aromatic heterocycles. The number of halogens is 4. The second-order valence-corrected chi connectivity index (χ2v) is 4.23. The van der Waals surface area contributed by atoms with Crippen LogP contribution in [0, 0.1) is 0 Å². The highest BCUT2D eigenvalue weighted by atomic mass is 35.5. The predicted octanol–water partition coefficient (Wildman–Crippen LogP) is 3.98. The quantitative estimate of drug-likeness (QED) is 0.579. The van der Waals surface area contributed by atoms with Crippen molar-refractivity contribution in [3.05, 3.63) is 33.8 Å². The Kier molecular flexibility index (Phi) is 3.87. The minimum atomic E-state index is -1.10. The van der Waals surface area contributed by atoms with Gasteiger partial charge in [0.05, 0.1) is 5.02 Å². The summed E-state index contributed by atoms with van der Waals surface area (Å²) >= 11 is 22.2. The van der Waals surface area contributed by atoms with Gasteiger partial charge in [-0.1, -0.05) is 46.4 Å². The number of carbonyl (C=O) groups is 1. The Hall–Kier alpha value is 0.0500. The van der Waals surface area contributed by atoms with Crippen molar-refractivity contribution >= 4 is 52.2 Å². The van der Waals surface area contributed by atoms with Crippen LogP contribution < -0.4 is 0 Å². The van der Waals surface area contributed by atoms with Crippen molar-refractivity contribution in [2.45, 2.75) is 4.84 Å². The molecule has 0 heterocycles. The summed E-state index contributed by atoms with van der Waals surface area (Å²) in [7, 11) is 0. The van der Waals surface area contributed by atoms with Gasteiger partial charge < -0.3 is 0 Å². The Labute approximate surface area is 95.5 Å². The molecule has 0 fully saturated rings. The van der Waals surface area contributed by atoms with E-state index in [0.29, 0.717) is 5.02 Å². The molecule has 1 rings (SSSR count). The van der Waals surface area contributed by atoms with Crippen molar-refractivity contribution in [1.29, 1.82) is 0 Å². The largest absolute Gasteiger partial charge is 0.291 e. The van der Waals surface area contributed by atoms with Crippen LogP contribution in [-0.4, -0.2) is 10.6 Å². The number of hydrogen-bond acceptors (Lipinski definition) is 1. The zero-order valence-electron chi connectivity index (χ0n) is 6.23. The van der Waals surface area contributed by atoms with Crippen LogP contribution in [-0.2, 0) is 0 Å². The van der Waals surface area contributed by atoms with E-state index < -0.39 is 10.6 Å². The van der Waals surface area contributed by atoms with Gasteiger partial charge in [-0.05, 0) is 18.2 Å². The molecule has 0 aliphatic carbocycles. The number of alkyl halides is 2. The Morgan fingerprint density at radius 3 is 2.31 bits per heavy atom. The SMILES string of the molecule is O=C(c1ccc(Cl)cc1Cl)C(Cl)Cl. The molecule has 0 saturated carbocycles. The van der Waals surface area contributed by atoms with Gasteiger partial charge in [-0.2, -0.15) is 0 Å². The first-order chi connectivity index (χ1) is 6.02. The lowest BCUT2D eigenvalue weighted by Crippen LogP contribution is -2.08. The fourth-order valence-electron chi connectivity index (χ4n) is 0.807.